The van der Waals surface area contributed by atoms with Crippen LogP contribution in [0.3, 0.4) is 0 Å². The molecular formula is C12H13ClN6. The molecule has 2 aromatic heterocycles. The Kier molecular flexibility index (Phi) is 3.41. The average molecular weight is 277 g/mol. The van der Waals surface area contributed by atoms with Gasteiger partial charge in [0.15, 0.2) is 11.0 Å². The summed E-state index contributed by atoms with van der Waals surface area (Å²) in [5.41, 5.74) is 0. The molecule has 2 aromatic rings. The Hall–Kier alpha value is -1.95. The van der Waals surface area contributed by atoms with Gasteiger partial charge >= 0.3 is 0 Å². The highest BCUT2D eigenvalue weighted by Gasteiger charge is 2.19. The normalized spacial score (nSPS) is 15.6. The molecule has 0 bridgehead atoms. The molecule has 0 radical (unpaired) electrons. The molecular weight excluding hydrogens is 264 g/mol. The van der Waals surface area contributed by atoms with Gasteiger partial charge in [0, 0.05) is 38.6 Å². The van der Waals surface area contributed by atoms with Crippen LogP contribution < -0.4 is 9.80 Å². The summed E-state index contributed by atoms with van der Waals surface area (Å²) in [6.07, 6.45) is 3.53. The molecule has 6 nitrogen and oxygen atoms in total. The van der Waals surface area contributed by atoms with Crippen LogP contribution in [-0.4, -0.2) is 46.3 Å². The van der Waals surface area contributed by atoms with Gasteiger partial charge in [-0.15, -0.1) is 10.2 Å². The minimum atomic E-state index is 0.417. The number of aromatic nitrogens is 4. The summed E-state index contributed by atoms with van der Waals surface area (Å²) in [5, 5.41) is 8.38. The van der Waals surface area contributed by atoms with Crippen LogP contribution in [0.1, 0.15) is 0 Å². The highest BCUT2D eigenvalue weighted by molar-refractivity contribution is 6.29. The van der Waals surface area contributed by atoms with Gasteiger partial charge in [0.1, 0.15) is 0 Å². The van der Waals surface area contributed by atoms with Crippen molar-refractivity contribution in [2.45, 2.75) is 0 Å². The van der Waals surface area contributed by atoms with Crippen molar-refractivity contribution < 1.29 is 0 Å². The van der Waals surface area contributed by atoms with Gasteiger partial charge in [0.25, 0.3) is 0 Å². The molecule has 1 saturated heterocycles. The number of piperazine rings is 1. The van der Waals surface area contributed by atoms with Gasteiger partial charge in [-0.1, -0.05) is 11.6 Å². The molecule has 3 rings (SSSR count). The van der Waals surface area contributed by atoms with E-state index in [9.17, 15) is 0 Å². The third kappa shape index (κ3) is 2.73. The summed E-state index contributed by atoms with van der Waals surface area (Å²) in [6.45, 7) is 3.48. The SMILES string of the molecule is Clc1ccc(N2CCN(c3ncccn3)CC2)nn1. The van der Waals surface area contributed by atoms with Crippen molar-refractivity contribution in [3.63, 3.8) is 0 Å². The van der Waals surface area contributed by atoms with E-state index in [0.717, 1.165) is 37.9 Å². The van der Waals surface area contributed by atoms with E-state index in [1.54, 1.807) is 18.5 Å². The highest BCUT2D eigenvalue weighted by Crippen LogP contribution is 2.16. The van der Waals surface area contributed by atoms with Crippen molar-refractivity contribution in [2.24, 2.45) is 0 Å². The van der Waals surface area contributed by atoms with Crippen molar-refractivity contribution in [1.29, 1.82) is 0 Å². The van der Waals surface area contributed by atoms with Crippen LogP contribution in [0.2, 0.25) is 5.15 Å². The van der Waals surface area contributed by atoms with Gasteiger partial charge in [-0.3, -0.25) is 0 Å². The van der Waals surface area contributed by atoms with Gasteiger partial charge in [-0.05, 0) is 18.2 Å². The van der Waals surface area contributed by atoms with Crippen LogP contribution in [0, 0.1) is 0 Å². The number of anilines is 2. The lowest BCUT2D eigenvalue weighted by Crippen LogP contribution is -2.47. The maximum absolute atomic E-state index is 5.74. The molecule has 1 aliphatic rings. The first kappa shape index (κ1) is 12.1. The summed E-state index contributed by atoms with van der Waals surface area (Å²) >= 11 is 5.74. The quantitative estimate of drug-likeness (QED) is 0.823. The minimum Gasteiger partial charge on any atom is -0.352 e. The van der Waals surface area contributed by atoms with E-state index in [0.29, 0.717) is 5.15 Å². The van der Waals surface area contributed by atoms with Gasteiger partial charge in [0.2, 0.25) is 5.95 Å². The highest BCUT2D eigenvalue weighted by atomic mass is 35.5. The molecule has 19 heavy (non-hydrogen) atoms. The summed E-state index contributed by atoms with van der Waals surface area (Å²) in [5.74, 6) is 1.64. The largest absolute Gasteiger partial charge is 0.352 e. The summed E-state index contributed by atoms with van der Waals surface area (Å²) in [4.78, 5) is 12.9. The van der Waals surface area contributed by atoms with E-state index in [1.165, 1.54) is 0 Å². The van der Waals surface area contributed by atoms with Gasteiger partial charge in [-0.2, -0.15) is 0 Å². The van der Waals surface area contributed by atoms with Gasteiger partial charge < -0.3 is 9.80 Å². The fourth-order valence-electron chi connectivity index (χ4n) is 2.07. The van der Waals surface area contributed by atoms with Gasteiger partial charge in [-0.25, -0.2) is 9.97 Å². The molecule has 0 spiro atoms. The van der Waals surface area contributed by atoms with Crippen LogP contribution in [-0.2, 0) is 0 Å². The second-order valence-electron chi connectivity index (χ2n) is 4.24. The first-order valence-corrected chi connectivity index (χ1v) is 6.47. The Labute approximate surface area is 116 Å². The number of hydrogen-bond acceptors (Lipinski definition) is 6. The van der Waals surface area contributed by atoms with E-state index in [2.05, 4.69) is 30.0 Å². The lowest BCUT2D eigenvalue weighted by molar-refractivity contribution is 0.631. The van der Waals surface area contributed by atoms with Crippen molar-refractivity contribution in [1.82, 2.24) is 20.2 Å². The van der Waals surface area contributed by atoms with Crippen LogP contribution in [0.4, 0.5) is 11.8 Å². The zero-order chi connectivity index (χ0) is 13.1. The molecule has 0 atom stereocenters. The molecule has 0 aromatic carbocycles. The fourth-order valence-corrected chi connectivity index (χ4v) is 2.17. The van der Waals surface area contributed by atoms with Crippen LogP contribution in [0.25, 0.3) is 0 Å². The van der Waals surface area contributed by atoms with Crippen molar-refractivity contribution in [2.75, 3.05) is 36.0 Å². The molecule has 7 heteroatoms. The third-order valence-electron chi connectivity index (χ3n) is 3.06. The number of halogens is 1. The predicted molar refractivity (Wildman–Crippen MR) is 73.5 cm³/mol. The molecule has 3 heterocycles. The zero-order valence-electron chi connectivity index (χ0n) is 10.3. The first-order valence-electron chi connectivity index (χ1n) is 6.09. The topological polar surface area (TPSA) is 58.0 Å². The molecule has 0 amide bonds. The van der Waals surface area contributed by atoms with E-state index in [1.807, 2.05) is 12.1 Å². The van der Waals surface area contributed by atoms with E-state index in [-0.39, 0.29) is 0 Å². The van der Waals surface area contributed by atoms with Crippen molar-refractivity contribution >= 4 is 23.4 Å². The summed E-state index contributed by atoms with van der Waals surface area (Å²) < 4.78 is 0. The Bertz CT molecular complexity index is 524. The Morgan fingerprint density at radius 2 is 1.58 bits per heavy atom. The van der Waals surface area contributed by atoms with E-state index >= 15 is 0 Å². The maximum Gasteiger partial charge on any atom is 0.225 e. The Morgan fingerprint density at radius 3 is 2.21 bits per heavy atom. The molecule has 98 valence electrons. The van der Waals surface area contributed by atoms with Gasteiger partial charge in [0.05, 0.1) is 0 Å². The summed E-state index contributed by atoms with van der Waals surface area (Å²) in [6, 6.07) is 5.48. The van der Waals surface area contributed by atoms with E-state index in [4.69, 9.17) is 11.6 Å². The van der Waals surface area contributed by atoms with Crippen LogP contribution in [0.5, 0.6) is 0 Å². The second kappa shape index (κ2) is 5.36. The average Bonchev–Trinajstić information content (AvgIpc) is 2.49. The maximum atomic E-state index is 5.74. The lowest BCUT2D eigenvalue weighted by Gasteiger charge is -2.35. The number of nitrogens with zero attached hydrogens (tertiary/aromatic N) is 6. The molecule has 0 unspecified atom stereocenters. The third-order valence-corrected chi connectivity index (χ3v) is 3.26. The summed E-state index contributed by atoms with van der Waals surface area (Å²) in [7, 11) is 0. The monoisotopic (exact) mass is 276 g/mol. The zero-order valence-corrected chi connectivity index (χ0v) is 11.0. The molecule has 0 aliphatic carbocycles. The first-order chi connectivity index (χ1) is 9.33. The van der Waals surface area contributed by atoms with Crippen molar-refractivity contribution in [3.8, 4) is 0 Å². The molecule has 1 aliphatic heterocycles. The Morgan fingerprint density at radius 1 is 0.895 bits per heavy atom. The number of hydrogen-bond donors (Lipinski definition) is 0. The Balaban J connectivity index is 1.65. The lowest BCUT2D eigenvalue weighted by atomic mass is 10.3. The van der Waals surface area contributed by atoms with Crippen LogP contribution >= 0.6 is 11.6 Å². The second-order valence-corrected chi connectivity index (χ2v) is 4.62. The van der Waals surface area contributed by atoms with Crippen molar-refractivity contribution in [3.05, 3.63) is 35.7 Å². The molecule has 1 fully saturated rings. The fraction of sp³-hybridized carbons (Fsp3) is 0.333. The van der Waals surface area contributed by atoms with Crippen LogP contribution in [0.15, 0.2) is 30.6 Å². The predicted octanol–water partition coefficient (Wildman–Crippen LogP) is 1.25. The van der Waals surface area contributed by atoms with E-state index < -0.39 is 0 Å². The smallest absolute Gasteiger partial charge is 0.225 e. The standard InChI is InChI=1S/C12H13ClN6/c13-10-2-3-11(17-16-10)18-6-8-19(9-7-18)12-14-4-1-5-15-12/h1-5H,6-9H2. The molecule has 0 N–H and O–H groups in total. The number of rotatable bonds is 2. The molecule has 0 saturated carbocycles. The minimum absolute atomic E-state index is 0.417.